The summed E-state index contributed by atoms with van der Waals surface area (Å²) >= 11 is 0. The van der Waals surface area contributed by atoms with E-state index in [4.69, 9.17) is 19.9 Å². The maximum Gasteiger partial charge on any atom is 0.251 e. The van der Waals surface area contributed by atoms with E-state index in [1.54, 1.807) is 19.2 Å². The van der Waals surface area contributed by atoms with Crippen molar-refractivity contribution in [3.63, 3.8) is 0 Å². The zero-order chi connectivity index (χ0) is 26.8. The lowest BCUT2D eigenvalue weighted by Gasteiger charge is -2.12. The first-order valence-electron chi connectivity index (χ1n) is 12.5. The SMILES string of the molecule is COc1ccc(CNc2nc(NCCN)nc(NCCOCCOCCNC(=O)c3ccccc3)n2)cc1. The van der Waals surface area contributed by atoms with E-state index in [0.717, 1.165) is 11.3 Å². The van der Waals surface area contributed by atoms with Crippen molar-refractivity contribution in [2.75, 3.05) is 75.7 Å². The number of anilines is 3. The average Bonchev–Trinajstić information content (AvgIpc) is 2.96. The van der Waals surface area contributed by atoms with Crippen LogP contribution in [0.5, 0.6) is 5.75 Å². The molecule has 0 bridgehead atoms. The Morgan fingerprint density at radius 2 is 1.37 bits per heavy atom. The number of amides is 1. The van der Waals surface area contributed by atoms with Gasteiger partial charge in [0, 0.05) is 38.3 Å². The van der Waals surface area contributed by atoms with Gasteiger partial charge in [-0.05, 0) is 29.8 Å². The minimum Gasteiger partial charge on any atom is -0.497 e. The molecule has 3 rings (SSSR count). The number of ether oxygens (including phenoxy) is 3. The van der Waals surface area contributed by atoms with Crippen molar-refractivity contribution in [3.05, 3.63) is 65.7 Å². The van der Waals surface area contributed by atoms with Gasteiger partial charge in [-0.15, -0.1) is 0 Å². The quantitative estimate of drug-likeness (QED) is 0.154. The Kier molecular flexibility index (Phi) is 12.5. The molecule has 0 aliphatic rings. The standard InChI is InChI=1S/C26H36N8O4/c1-36-22-9-7-20(8-10-22)19-31-26-33-24(29-12-11-27)32-25(34-26)30-14-16-38-18-17-37-15-13-28-23(35)21-5-3-2-4-6-21/h2-10H,11-19,27H2,1H3,(H,28,35)(H3,29,30,31,32,33,34). The molecule has 1 aromatic heterocycles. The van der Waals surface area contributed by atoms with E-state index in [0.29, 0.717) is 82.6 Å². The number of methoxy groups -OCH3 is 1. The third kappa shape index (κ3) is 10.5. The molecule has 0 unspecified atom stereocenters. The lowest BCUT2D eigenvalue weighted by molar-refractivity contribution is 0.0519. The summed E-state index contributed by atoms with van der Waals surface area (Å²) in [4.78, 5) is 25.2. The van der Waals surface area contributed by atoms with E-state index >= 15 is 0 Å². The van der Waals surface area contributed by atoms with Crippen molar-refractivity contribution in [2.24, 2.45) is 5.73 Å². The Bertz CT molecular complexity index is 1090. The summed E-state index contributed by atoms with van der Waals surface area (Å²) in [7, 11) is 1.64. The van der Waals surface area contributed by atoms with Crippen LogP contribution in [-0.2, 0) is 16.0 Å². The van der Waals surface area contributed by atoms with Gasteiger partial charge < -0.3 is 41.2 Å². The van der Waals surface area contributed by atoms with Gasteiger partial charge in [-0.3, -0.25) is 4.79 Å². The Labute approximate surface area is 222 Å². The first-order chi connectivity index (χ1) is 18.7. The second-order valence-corrected chi connectivity index (χ2v) is 8.00. The first kappa shape index (κ1) is 28.6. The van der Waals surface area contributed by atoms with Gasteiger partial charge in [0.25, 0.3) is 5.91 Å². The van der Waals surface area contributed by atoms with Crippen molar-refractivity contribution in [1.82, 2.24) is 20.3 Å². The van der Waals surface area contributed by atoms with Gasteiger partial charge in [0.2, 0.25) is 17.8 Å². The number of nitrogens with zero attached hydrogens (tertiary/aromatic N) is 3. The predicted molar refractivity (Wildman–Crippen MR) is 147 cm³/mol. The second-order valence-electron chi connectivity index (χ2n) is 8.00. The number of benzene rings is 2. The molecule has 0 atom stereocenters. The van der Waals surface area contributed by atoms with Crippen molar-refractivity contribution >= 4 is 23.8 Å². The van der Waals surface area contributed by atoms with Gasteiger partial charge in [-0.2, -0.15) is 15.0 Å². The number of nitrogens with two attached hydrogens (primary N) is 1. The number of carbonyl (C=O) groups is 1. The number of carbonyl (C=O) groups excluding carboxylic acids is 1. The largest absolute Gasteiger partial charge is 0.497 e. The monoisotopic (exact) mass is 524 g/mol. The van der Waals surface area contributed by atoms with Gasteiger partial charge in [0.05, 0.1) is 33.5 Å². The summed E-state index contributed by atoms with van der Waals surface area (Å²) in [5.74, 6) is 1.97. The van der Waals surface area contributed by atoms with Crippen LogP contribution in [0.4, 0.5) is 17.8 Å². The zero-order valence-corrected chi connectivity index (χ0v) is 21.6. The summed E-state index contributed by atoms with van der Waals surface area (Å²) < 4.78 is 16.3. The van der Waals surface area contributed by atoms with Gasteiger partial charge in [0.1, 0.15) is 5.75 Å². The molecular weight excluding hydrogens is 488 g/mol. The number of hydrogen-bond acceptors (Lipinski definition) is 11. The zero-order valence-electron chi connectivity index (χ0n) is 21.6. The fourth-order valence-corrected chi connectivity index (χ4v) is 3.21. The molecule has 6 N–H and O–H groups in total. The molecule has 0 fully saturated rings. The lowest BCUT2D eigenvalue weighted by Crippen LogP contribution is -2.27. The fraction of sp³-hybridized carbons (Fsp3) is 0.385. The lowest BCUT2D eigenvalue weighted by atomic mass is 10.2. The number of rotatable bonds is 18. The Hall–Kier alpha value is -4.00. The minimum absolute atomic E-state index is 0.115. The topological polar surface area (TPSA) is 158 Å². The van der Waals surface area contributed by atoms with Gasteiger partial charge in [0.15, 0.2) is 0 Å². The third-order valence-corrected chi connectivity index (χ3v) is 5.14. The number of hydrogen-bond donors (Lipinski definition) is 5. The minimum atomic E-state index is -0.115. The maximum absolute atomic E-state index is 12.0. The van der Waals surface area contributed by atoms with Crippen molar-refractivity contribution in [3.8, 4) is 5.75 Å². The highest BCUT2D eigenvalue weighted by Crippen LogP contribution is 2.14. The molecule has 1 heterocycles. The van der Waals surface area contributed by atoms with Crippen LogP contribution >= 0.6 is 0 Å². The summed E-state index contributed by atoms with van der Waals surface area (Å²) in [6.45, 7) is 4.20. The Morgan fingerprint density at radius 3 is 2.00 bits per heavy atom. The summed E-state index contributed by atoms with van der Waals surface area (Å²) in [5, 5.41) is 12.3. The van der Waals surface area contributed by atoms with Gasteiger partial charge in [-0.25, -0.2) is 0 Å². The number of aromatic nitrogens is 3. The Morgan fingerprint density at radius 1 is 0.763 bits per heavy atom. The van der Waals surface area contributed by atoms with E-state index in [9.17, 15) is 4.79 Å². The second kappa shape index (κ2) is 16.7. The first-order valence-corrected chi connectivity index (χ1v) is 12.5. The van der Waals surface area contributed by atoms with Crippen LogP contribution in [0.3, 0.4) is 0 Å². The number of nitrogens with one attached hydrogen (secondary N) is 4. The highest BCUT2D eigenvalue weighted by Gasteiger charge is 2.07. The molecule has 12 heteroatoms. The molecule has 0 saturated heterocycles. The molecule has 12 nitrogen and oxygen atoms in total. The summed E-state index contributed by atoms with van der Waals surface area (Å²) in [6.07, 6.45) is 0. The molecule has 204 valence electrons. The molecule has 0 saturated carbocycles. The van der Waals surface area contributed by atoms with Crippen LogP contribution in [0.2, 0.25) is 0 Å². The highest BCUT2D eigenvalue weighted by molar-refractivity contribution is 5.94. The van der Waals surface area contributed by atoms with E-state index in [2.05, 4.69) is 36.2 Å². The molecule has 38 heavy (non-hydrogen) atoms. The molecule has 0 aliphatic carbocycles. The average molecular weight is 525 g/mol. The molecule has 3 aromatic rings. The molecular formula is C26H36N8O4. The normalized spacial score (nSPS) is 10.6. The molecule has 2 aromatic carbocycles. The van der Waals surface area contributed by atoms with Crippen LogP contribution < -0.4 is 31.7 Å². The van der Waals surface area contributed by atoms with Gasteiger partial charge >= 0.3 is 0 Å². The predicted octanol–water partition coefficient (Wildman–Crippen LogP) is 1.74. The van der Waals surface area contributed by atoms with Crippen LogP contribution in [-0.4, -0.2) is 80.6 Å². The molecule has 0 radical (unpaired) electrons. The smallest absolute Gasteiger partial charge is 0.251 e. The molecule has 0 aliphatic heterocycles. The summed E-state index contributed by atoms with van der Waals surface area (Å²) in [5.41, 5.74) is 7.28. The van der Waals surface area contributed by atoms with Gasteiger partial charge in [-0.1, -0.05) is 30.3 Å². The van der Waals surface area contributed by atoms with Crippen LogP contribution in [0.1, 0.15) is 15.9 Å². The summed E-state index contributed by atoms with van der Waals surface area (Å²) in [6, 6.07) is 16.8. The van der Waals surface area contributed by atoms with Crippen LogP contribution in [0.25, 0.3) is 0 Å². The maximum atomic E-state index is 12.0. The van der Waals surface area contributed by atoms with E-state index in [-0.39, 0.29) is 5.91 Å². The van der Waals surface area contributed by atoms with Crippen molar-refractivity contribution in [2.45, 2.75) is 6.54 Å². The van der Waals surface area contributed by atoms with Crippen LogP contribution in [0, 0.1) is 0 Å². The van der Waals surface area contributed by atoms with E-state index < -0.39 is 0 Å². The molecule has 0 spiro atoms. The van der Waals surface area contributed by atoms with Crippen molar-refractivity contribution < 1.29 is 19.0 Å². The van der Waals surface area contributed by atoms with Crippen molar-refractivity contribution in [1.29, 1.82) is 0 Å². The highest BCUT2D eigenvalue weighted by atomic mass is 16.5. The fourth-order valence-electron chi connectivity index (χ4n) is 3.21. The molecule has 1 amide bonds. The van der Waals surface area contributed by atoms with E-state index in [1.807, 2.05) is 42.5 Å². The van der Waals surface area contributed by atoms with Crippen LogP contribution in [0.15, 0.2) is 54.6 Å². The van der Waals surface area contributed by atoms with E-state index in [1.165, 1.54) is 0 Å². The Balaban J connectivity index is 1.33. The third-order valence-electron chi connectivity index (χ3n) is 5.14.